The normalized spacial score (nSPS) is 16.5. The van der Waals surface area contributed by atoms with Crippen molar-refractivity contribution in [3.05, 3.63) is 34.9 Å². The fourth-order valence-corrected chi connectivity index (χ4v) is 2.35. The molecule has 0 saturated carbocycles. The first-order valence-electron chi connectivity index (χ1n) is 6.82. The number of hydrogen-bond donors (Lipinski definition) is 1. The number of Topliss-reactive ketones (excluding diaryl/α,β-unsaturated/α-hetero) is 1. The number of hydrogen-bond acceptors (Lipinski definition) is 3. The molecule has 1 aliphatic rings. The molecule has 1 N–H and O–H groups in total. The molecule has 0 aromatic heterocycles. The van der Waals surface area contributed by atoms with Gasteiger partial charge in [0.05, 0.1) is 12.7 Å². The molecule has 1 heterocycles. The lowest BCUT2D eigenvalue weighted by Gasteiger charge is -2.22. The van der Waals surface area contributed by atoms with Crippen LogP contribution in [0.15, 0.2) is 24.3 Å². The zero-order chi connectivity index (χ0) is 13.5. The molecule has 19 heavy (non-hydrogen) atoms. The van der Waals surface area contributed by atoms with Gasteiger partial charge in [-0.3, -0.25) is 4.79 Å². The van der Waals surface area contributed by atoms with Gasteiger partial charge in [0.15, 0.2) is 0 Å². The van der Waals surface area contributed by atoms with Crippen LogP contribution in [0.4, 0.5) is 0 Å². The van der Waals surface area contributed by atoms with Crippen LogP contribution < -0.4 is 5.32 Å². The Morgan fingerprint density at radius 3 is 2.63 bits per heavy atom. The lowest BCUT2D eigenvalue weighted by atomic mass is 10.1. The molecule has 0 unspecified atom stereocenters. The second-order valence-corrected chi connectivity index (χ2v) is 5.35. The average molecular weight is 282 g/mol. The molecule has 2 rings (SSSR count). The Hall–Kier alpha value is -0.900. The molecule has 3 nitrogen and oxygen atoms in total. The van der Waals surface area contributed by atoms with E-state index in [9.17, 15) is 4.79 Å². The summed E-state index contributed by atoms with van der Waals surface area (Å²) in [7, 11) is 0. The highest BCUT2D eigenvalue weighted by Crippen LogP contribution is 2.11. The van der Waals surface area contributed by atoms with E-state index in [1.165, 1.54) is 0 Å². The van der Waals surface area contributed by atoms with Crippen LogP contribution in [0.2, 0.25) is 5.02 Å². The van der Waals surface area contributed by atoms with Gasteiger partial charge in [0.2, 0.25) is 0 Å². The van der Waals surface area contributed by atoms with Crippen LogP contribution in [0.3, 0.4) is 0 Å². The first-order valence-corrected chi connectivity index (χ1v) is 7.20. The quantitative estimate of drug-likeness (QED) is 0.871. The highest BCUT2D eigenvalue weighted by Gasteiger charge is 2.13. The van der Waals surface area contributed by atoms with Crippen LogP contribution in [-0.4, -0.2) is 31.6 Å². The first-order chi connectivity index (χ1) is 9.24. The van der Waals surface area contributed by atoms with E-state index in [0.29, 0.717) is 30.6 Å². The zero-order valence-corrected chi connectivity index (χ0v) is 11.8. The van der Waals surface area contributed by atoms with E-state index in [1.807, 2.05) is 24.3 Å². The van der Waals surface area contributed by atoms with Crippen molar-refractivity contribution in [1.82, 2.24) is 5.32 Å². The zero-order valence-electron chi connectivity index (χ0n) is 11.0. The molecule has 1 aliphatic heterocycles. The van der Waals surface area contributed by atoms with E-state index in [0.717, 1.165) is 31.5 Å². The number of nitrogens with one attached hydrogen (secondary N) is 1. The Kier molecular flexibility index (Phi) is 5.83. The minimum atomic E-state index is 0.219. The Morgan fingerprint density at radius 1 is 1.26 bits per heavy atom. The number of carbonyl (C=O) groups excluding carboxylic acids is 1. The van der Waals surface area contributed by atoms with Crippen molar-refractivity contribution >= 4 is 17.4 Å². The Morgan fingerprint density at radius 2 is 1.95 bits per heavy atom. The third-order valence-electron chi connectivity index (χ3n) is 3.34. The third kappa shape index (κ3) is 5.31. The molecular formula is C15H20ClNO2. The topological polar surface area (TPSA) is 38.3 Å². The van der Waals surface area contributed by atoms with Crippen molar-refractivity contribution in [1.29, 1.82) is 0 Å². The van der Waals surface area contributed by atoms with Crippen LogP contribution in [-0.2, 0) is 16.0 Å². The molecule has 1 saturated heterocycles. The van der Waals surface area contributed by atoms with Crippen molar-refractivity contribution < 1.29 is 9.53 Å². The van der Waals surface area contributed by atoms with Crippen molar-refractivity contribution in [2.45, 2.75) is 31.8 Å². The summed E-state index contributed by atoms with van der Waals surface area (Å²) in [5.74, 6) is 0.219. The number of benzene rings is 1. The lowest BCUT2D eigenvalue weighted by Crippen LogP contribution is -2.32. The maximum atomic E-state index is 11.8. The van der Waals surface area contributed by atoms with E-state index in [2.05, 4.69) is 5.32 Å². The molecule has 104 valence electrons. The Labute approximate surface area is 119 Å². The van der Waals surface area contributed by atoms with Gasteiger partial charge in [-0.15, -0.1) is 0 Å². The molecule has 0 amide bonds. The average Bonchev–Trinajstić information content (AvgIpc) is 2.43. The second kappa shape index (κ2) is 7.63. The minimum Gasteiger partial charge on any atom is -0.378 e. The summed E-state index contributed by atoms with van der Waals surface area (Å²) in [5.41, 5.74) is 1.01. The largest absolute Gasteiger partial charge is 0.378 e. The predicted octanol–water partition coefficient (Wildman–Crippen LogP) is 2.61. The molecule has 1 aromatic rings. The van der Waals surface area contributed by atoms with E-state index in [1.54, 1.807) is 0 Å². The smallest absolute Gasteiger partial charge is 0.139 e. The molecule has 0 spiro atoms. The summed E-state index contributed by atoms with van der Waals surface area (Å²) in [4.78, 5) is 11.8. The summed E-state index contributed by atoms with van der Waals surface area (Å²) >= 11 is 5.81. The van der Waals surface area contributed by atoms with Gasteiger partial charge in [-0.25, -0.2) is 0 Å². The maximum Gasteiger partial charge on any atom is 0.139 e. The minimum absolute atomic E-state index is 0.219. The fraction of sp³-hybridized carbons (Fsp3) is 0.533. The molecule has 0 atom stereocenters. The number of rotatable bonds is 6. The highest BCUT2D eigenvalue weighted by molar-refractivity contribution is 6.30. The molecule has 0 aliphatic carbocycles. The first kappa shape index (κ1) is 14.5. The molecule has 0 radical (unpaired) electrons. The van der Waals surface area contributed by atoms with Crippen LogP contribution in [0, 0.1) is 0 Å². The van der Waals surface area contributed by atoms with E-state index >= 15 is 0 Å². The van der Waals surface area contributed by atoms with Crippen LogP contribution in [0.1, 0.15) is 24.8 Å². The molecule has 1 aromatic carbocycles. The Bertz CT molecular complexity index is 399. The van der Waals surface area contributed by atoms with E-state index in [4.69, 9.17) is 16.3 Å². The van der Waals surface area contributed by atoms with E-state index in [-0.39, 0.29) is 5.78 Å². The molecule has 0 bridgehead atoms. The van der Waals surface area contributed by atoms with Gasteiger partial charge in [0, 0.05) is 17.9 Å². The van der Waals surface area contributed by atoms with Crippen molar-refractivity contribution in [2.75, 3.05) is 19.7 Å². The number of ketones is 1. The fourth-order valence-electron chi connectivity index (χ4n) is 2.22. The predicted molar refractivity (Wildman–Crippen MR) is 76.6 cm³/mol. The van der Waals surface area contributed by atoms with Gasteiger partial charge in [-0.2, -0.15) is 0 Å². The molecule has 4 heteroatoms. The van der Waals surface area contributed by atoms with Gasteiger partial charge in [0.25, 0.3) is 0 Å². The van der Waals surface area contributed by atoms with Crippen molar-refractivity contribution in [3.63, 3.8) is 0 Å². The monoisotopic (exact) mass is 281 g/mol. The number of carbonyl (C=O) groups is 1. The SMILES string of the molecule is O=C(CCOC1CCNCC1)Cc1ccc(Cl)cc1. The second-order valence-electron chi connectivity index (χ2n) is 4.91. The van der Waals surface area contributed by atoms with Gasteiger partial charge >= 0.3 is 0 Å². The molecule has 1 fully saturated rings. The summed E-state index contributed by atoms with van der Waals surface area (Å²) in [6.07, 6.45) is 3.38. The van der Waals surface area contributed by atoms with Crippen molar-refractivity contribution in [3.8, 4) is 0 Å². The van der Waals surface area contributed by atoms with Gasteiger partial charge in [-0.05, 0) is 43.6 Å². The van der Waals surface area contributed by atoms with Crippen LogP contribution >= 0.6 is 11.6 Å². The van der Waals surface area contributed by atoms with Crippen LogP contribution in [0.25, 0.3) is 0 Å². The summed E-state index contributed by atoms with van der Waals surface area (Å²) in [5, 5.41) is 3.99. The Balaban J connectivity index is 1.65. The van der Waals surface area contributed by atoms with Gasteiger partial charge < -0.3 is 10.1 Å². The van der Waals surface area contributed by atoms with Gasteiger partial charge in [0.1, 0.15) is 5.78 Å². The maximum absolute atomic E-state index is 11.8. The molecular weight excluding hydrogens is 262 g/mol. The summed E-state index contributed by atoms with van der Waals surface area (Å²) in [6, 6.07) is 7.42. The number of piperidine rings is 1. The lowest BCUT2D eigenvalue weighted by molar-refractivity contribution is -0.120. The number of halogens is 1. The summed E-state index contributed by atoms with van der Waals surface area (Å²) < 4.78 is 5.73. The van der Waals surface area contributed by atoms with E-state index < -0.39 is 0 Å². The third-order valence-corrected chi connectivity index (χ3v) is 3.59. The van der Waals surface area contributed by atoms with Crippen LogP contribution in [0.5, 0.6) is 0 Å². The summed E-state index contributed by atoms with van der Waals surface area (Å²) in [6.45, 7) is 2.57. The highest BCUT2D eigenvalue weighted by atomic mass is 35.5. The standard InChI is InChI=1S/C15H20ClNO2/c16-13-3-1-12(2-4-13)11-14(18)7-10-19-15-5-8-17-9-6-15/h1-4,15,17H,5-11H2. The van der Waals surface area contributed by atoms with Gasteiger partial charge in [-0.1, -0.05) is 23.7 Å². The number of ether oxygens (including phenoxy) is 1. The van der Waals surface area contributed by atoms with Crippen molar-refractivity contribution in [2.24, 2.45) is 0 Å².